The van der Waals surface area contributed by atoms with Gasteiger partial charge in [0.25, 0.3) is 0 Å². The van der Waals surface area contributed by atoms with Crippen LogP contribution in [0.1, 0.15) is 48.0 Å². The van der Waals surface area contributed by atoms with Crippen LogP contribution in [0.3, 0.4) is 0 Å². The standard InChI is InChI=1S/C29H29ClF2N2O2S/c1-36-28(35)19-7-13-22(14-8-19)37-17-23(18-5-3-2-4-6-18)29(20-9-11-21(30)12-10-20)33-26-15-24(31)25(32)16-27(26)34-29/h7-16,18,23,33-34H,2-6,17H2,1H3. The number of carbonyl (C=O) groups excluding carboxylic acids is 1. The summed E-state index contributed by atoms with van der Waals surface area (Å²) in [5.41, 5.74) is 1.79. The maximum atomic E-state index is 14.2. The molecule has 1 unspecified atom stereocenters. The molecule has 3 aromatic rings. The van der Waals surface area contributed by atoms with Crippen LogP contribution in [0.25, 0.3) is 0 Å². The summed E-state index contributed by atoms with van der Waals surface area (Å²) in [5, 5.41) is 7.79. The van der Waals surface area contributed by atoms with E-state index in [1.54, 1.807) is 23.9 Å². The van der Waals surface area contributed by atoms with Crippen molar-refractivity contribution in [3.8, 4) is 0 Å². The van der Waals surface area contributed by atoms with Crippen molar-refractivity contribution < 1.29 is 18.3 Å². The van der Waals surface area contributed by atoms with E-state index in [4.69, 9.17) is 16.3 Å². The van der Waals surface area contributed by atoms with Gasteiger partial charge in [-0.25, -0.2) is 13.6 Å². The van der Waals surface area contributed by atoms with E-state index in [1.165, 1.54) is 25.7 Å². The fourth-order valence-corrected chi connectivity index (χ4v) is 6.96. The molecule has 0 amide bonds. The molecule has 8 heteroatoms. The van der Waals surface area contributed by atoms with Crippen molar-refractivity contribution in [3.63, 3.8) is 0 Å². The number of hydrogen-bond donors (Lipinski definition) is 2. The van der Waals surface area contributed by atoms with Crippen LogP contribution in [-0.2, 0) is 10.4 Å². The molecule has 2 aliphatic rings. The molecule has 1 saturated carbocycles. The van der Waals surface area contributed by atoms with E-state index in [-0.39, 0.29) is 11.9 Å². The predicted octanol–water partition coefficient (Wildman–Crippen LogP) is 8.08. The highest BCUT2D eigenvalue weighted by molar-refractivity contribution is 7.99. The Bertz CT molecular complexity index is 1230. The summed E-state index contributed by atoms with van der Waals surface area (Å²) >= 11 is 7.94. The third-order valence-electron chi connectivity index (χ3n) is 7.50. The zero-order chi connectivity index (χ0) is 26.0. The van der Waals surface area contributed by atoms with Gasteiger partial charge in [-0.3, -0.25) is 0 Å². The van der Waals surface area contributed by atoms with E-state index in [1.807, 2.05) is 36.4 Å². The molecule has 37 heavy (non-hydrogen) atoms. The number of anilines is 2. The van der Waals surface area contributed by atoms with E-state index in [0.717, 1.165) is 41.9 Å². The van der Waals surface area contributed by atoms with E-state index >= 15 is 0 Å². The first-order chi connectivity index (χ1) is 17.9. The lowest BCUT2D eigenvalue weighted by Gasteiger charge is -2.44. The number of carbonyl (C=O) groups is 1. The Morgan fingerprint density at radius 1 is 1.00 bits per heavy atom. The topological polar surface area (TPSA) is 50.4 Å². The Kier molecular flexibility index (Phi) is 7.63. The first-order valence-electron chi connectivity index (χ1n) is 12.5. The Labute approximate surface area is 225 Å². The van der Waals surface area contributed by atoms with Gasteiger partial charge in [-0.1, -0.05) is 43.0 Å². The van der Waals surface area contributed by atoms with Crippen molar-refractivity contribution in [2.45, 2.75) is 42.7 Å². The number of fused-ring (bicyclic) bond motifs is 1. The molecule has 5 rings (SSSR count). The Balaban J connectivity index is 1.52. The summed E-state index contributed by atoms with van der Waals surface area (Å²) in [6.07, 6.45) is 5.71. The van der Waals surface area contributed by atoms with Gasteiger partial charge >= 0.3 is 5.97 Å². The molecule has 0 spiro atoms. The fourth-order valence-electron chi connectivity index (χ4n) is 5.61. The van der Waals surface area contributed by atoms with Gasteiger partial charge in [-0.15, -0.1) is 11.8 Å². The smallest absolute Gasteiger partial charge is 0.337 e. The van der Waals surface area contributed by atoms with E-state index < -0.39 is 17.3 Å². The zero-order valence-corrected chi connectivity index (χ0v) is 22.1. The van der Waals surface area contributed by atoms with Crippen LogP contribution in [0.15, 0.2) is 65.6 Å². The van der Waals surface area contributed by atoms with Crippen LogP contribution in [-0.4, -0.2) is 18.8 Å². The van der Waals surface area contributed by atoms with Crippen LogP contribution in [0.2, 0.25) is 5.02 Å². The molecule has 0 bridgehead atoms. The first kappa shape index (κ1) is 25.9. The molecule has 0 saturated heterocycles. The lowest BCUT2D eigenvalue weighted by molar-refractivity contribution is 0.0600. The number of esters is 1. The summed E-state index contributed by atoms with van der Waals surface area (Å²) in [6, 6.07) is 17.5. The number of benzene rings is 3. The third kappa shape index (κ3) is 5.30. The number of thioether (sulfide) groups is 1. The summed E-state index contributed by atoms with van der Waals surface area (Å²) in [5.74, 6) is -0.893. The van der Waals surface area contributed by atoms with E-state index in [2.05, 4.69) is 10.6 Å². The summed E-state index contributed by atoms with van der Waals surface area (Å²) < 4.78 is 33.3. The molecule has 1 aliphatic heterocycles. The van der Waals surface area contributed by atoms with E-state index in [0.29, 0.717) is 27.9 Å². The molecule has 3 aromatic carbocycles. The molecule has 0 radical (unpaired) electrons. The van der Waals surface area contributed by atoms with Gasteiger partial charge in [0.2, 0.25) is 0 Å². The number of nitrogens with one attached hydrogen (secondary N) is 2. The van der Waals surface area contributed by atoms with Crippen molar-refractivity contribution in [1.82, 2.24) is 0 Å². The second-order valence-electron chi connectivity index (χ2n) is 9.71. The monoisotopic (exact) mass is 542 g/mol. The van der Waals surface area contributed by atoms with Crippen molar-refractivity contribution >= 4 is 40.7 Å². The van der Waals surface area contributed by atoms with Crippen LogP contribution in [0, 0.1) is 23.5 Å². The molecule has 4 nitrogen and oxygen atoms in total. The summed E-state index contributed by atoms with van der Waals surface area (Å²) in [4.78, 5) is 12.9. The fraction of sp³-hybridized carbons (Fsp3) is 0.345. The minimum atomic E-state index is -0.880. The second-order valence-corrected chi connectivity index (χ2v) is 11.2. The third-order valence-corrected chi connectivity index (χ3v) is 8.89. The SMILES string of the molecule is COC(=O)c1ccc(SCC(C2CCCCC2)C2(c3ccc(Cl)cc3)Nc3cc(F)c(F)cc3N2)cc1. The molecule has 1 aliphatic carbocycles. The number of ether oxygens (including phenoxy) is 1. The molecule has 1 atom stereocenters. The Morgan fingerprint density at radius 3 is 2.16 bits per heavy atom. The Morgan fingerprint density at radius 2 is 1.59 bits per heavy atom. The largest absolute Gasteiger partial charge is 0.465 e. The quantitative estimate of drug-likeness (QED) is 0.233. The number of hydrogen-bond acceptors (Lipinski definition) is 5. The van der Waals surface area contributed by atoms with Crippen molar-refractivity contribution in [2.75, 3.05) is 23.5 Å². The van der Waals surface area contributed by atoms with Crippen LogP contribution < -0.4 is 10.6 Å². The van der Waals surface area contributed by atoms with Crippen molar-refractivity contribution in [2.24, 2.45) is 11.8 Å². The molecule has 1 fully saturated rings. The number of rotatable bonds is 7. The van der Waals surface area contributed by atoms with E-state index in [9.17, 15) is 13.6 Å². The minimum absolute atomic E-state index is 0.0813. The second kappa shape index (κ2) is 10.9. The molecule has 1 heterocycles. The number of halogens is 3. The van der Waals surface area contributed by atoms with Gasteiger partial charge in [0.05, 0.1) is 24.0 Å². The summed E-state index contributed by atoms with van der Waals surface area (Å²) in [7, 11) is 1.37. The number of methoxy groups -OCH3 is 1. The molecule has 194 valence electrons. The molecular formula is C29H29ClF2N2O2S. The lowest BCUT2D eigenvalue weighted by Crippen LogP contribution is -2.50. The molecular weight excluding hydrogens is 514 g/mol. The van der Waals surface area contributed by atoms with Crippen LogP contribution in [0.5, 0.6) is 0 Å². The highest BCUT2D eigenvalue weighted by Gasteiger charge is 2.48. The average Bonchev–Trinajstić information content (AvgIpc) is 3.28. The Hall–Kier alpha value is -2.77. The van der Waals surface area contributed by atoms with Gasteiger partial charge in [-0.05, 0) is 60.7 Å². The maximum Gasteiger partial charge on any atom is 0.337 e. The minimum Gasteiger partial charge on any atom is -0.465 e. The van der Waals surface area contributed by atoms with Gasteiger partial charge < -0.3 is 15.4 Å². The van der Waals surface area contributed by atoms with Crippen molar-refractivity contribution in [1.29, 1.82) is 0 Å². The molecule has 2 N–H and O–H groups in total. The zero-order valence-electron chi connectivity index (χ0n) is 20.5. The normalized spacial score (nSPS) is 17.4. The predicted molar refractivity (Wildman–Crippen MR) is 145 cm³/mol. The molecule has 0 aromatic heterocycles. The van der Waals surface area contributed by atoms with Crippen LogP contribution in [0.4, 0.5) is 20.2 Å². The lowest BCUT2D eigenvalue weighted by atomic mass is 9.72. The average molecular weight is 543 g/mol. The highest BCUT2D eigenvalue weighted by atomic mass is 35.5. The van der Waals surface area contributed by atoms with Gasteiger partial charge in [0.15, 0.2) is 11.6 Å². The highest BCUT2D eigenvalue weighted by Crippen LogP contribution is 2.50. The van der Waals surface area contributed by atoms with Crippen molar-refractivity contribution in [3.05, 3.63) is 88.4 Å². The van der Waals surface area contributed by atoms with Gasteiger partial charge in [0, 0.05) is 33.7 Å². The van der Waals surface area contributed by atoms with Gasteiger partial charge in [-0.2, -0.15) is 0 Å². The maximum absolute atomic E-state index is 14.2. The van der Waals surface area contributed by atoms with Gasteiger partial charge in [0.1, 0.15) is 5.66 Å². The van der Waals surface area contributed by atoms with Crippen LogP contribution >= 0.6 is 23.4 Å². The summed E-state index contributed by atoms with van der Waals surface area (Å²) in [6.45, 7) is 0. The first-order valence-corrected chi connectivity index (χ1v) is 13.9.